The molecule has 2 N–H and O–H groups in total. The SMILES string of the molecule is O=S(=O)(NCCc1cscn1)c1cnn(CCO)c1. The lowest BCUT2D eigenvalue weighted by atomic mass is 10.3. The van der Waals surface area contributed by atoms with E-state index >= 15 is 0 Å². The van der Waals surface area contributed by atoms with E-state index < -0.39 is 10.0 Å². The number of aromatic nitrogens is 3. The van der Waals surface area contributed by atoms with E-state index in [0.29, 0.717) is 6.42 Å². The Kier molecular flexibility index (Phi) is 4.64. The summed E-state index contributed by atoms with van der Waals surface area (Å²) >= 11 is 1.48. The summed E-state index contributed by atoms with van der Waals surface area (Å²) < 4.78 is 27.7. The Morgan fingerprint density at radius 2 is 2.32 bits per heavy atom. The van der Waals surface area contributed by atoms with Crippen LogP contribution in [0.3, 0.4) is 0 Å². The molecule has 0 aromatic carbocycles. The summed E-state index contributed by atoms with van der Waals surface area (Å²) in [6.07, 6.45) is 3.20. The van der Waals surface area contributed by atoms with Crippen molar-refractivity contribution >= 4 is 21.4 Å². The predicted molar refractivity (Wildman–Crippen MR) is 70.3 cm³/mol. The highest BCUT2D eigenvalue weighted by molar-refractivity contribution is 7.89. The first-order chi connectivity index (χ1) is 9.12. The molecule has 0 saturated carbocycles. The van der Waals surface area contributed by atoms with Crippen LogP contribution in [0.2, 0.25) is 0 Å². The first-order valence-corrected chi connectivity index (χ1v) is 8.04. The maximum Gasteiger partial charge on any atom is 0.243 e. The highest BCUT2D eigenvalue weighted by Crippen LogP contribution is 2.07. The predicted octanol–water partition coefficient (Wildman–Crippen LogP) is -0.147. The van der Waals surface area contributed by atoms with E-state index in [1.165, 1.54) is 28.4 Å². The lowest BCUT2D eigenvalue weighted by molar-refractivity contribution is 0.269. The van der Waals surface area contributed by atoms with E-state index in [9.17, 15) is 8.42 Å². The van der Waals surface area contributed by atoms with Crippen LogP contribution in [0, 0.1) is 0 Å². The first-order valence-electron chi connectivity index (χ1n) is 5.62. The monoisotopic (exact) mass is 302 g/mol. The zero-order valence-corrected chi connectivity index (χ0v) is 11.7. The van der Waals surface area contributed by atoms with Gasteiger partial charge in [-0.15, -0.1) is 11.3 Å². The minimum atomic E-state index is -3.55. The van der Waals surface area contributed by atoms with Gasteiger partial charge in [-0.2, -0.15) is 5.10 Å². The molecule has 2 aromatic rings. The molecule has 2 aromatic heterocycles. The Morgan fingerprint density at radius 1 is 1.47 bits per heavy atom. The van der Waals surface area contributed by atoms with Gasteiger partial charge >= 0.3 is 0 Å². The molecule has 0 fully saturated rings. The van der Waals surface area contributed by atoms with Gasteiger partial charge < -0.3 is 5.11 Å². The third-order valence-corrected chi connectivity index (χ3v) is 4.46. The van der Waals surface area contributed by atoms with Gasteiger partial charge in [0.05, 0.1) is 30.6 Å². The summed E-state index contributed by atoms with van der Waals surface area (Å²) in [6, 6.07) is 0. The van der Waals surface area contributed by atoms with Gasteiger partial charge in [0.15, 0.2) is 0 Å². The molecule has 0 amide bonds. The molecule has 0 unspecified atom stereocenters. The number of rotatable bonds is 7. The van der Waals surface area contributed by atoms with E-state index in [1.54, 1.807) is 5.51 Å². The molecule has 0 bridgehead atoms. The smallest absolute Gasteiger partial charge is 0.243 e. The average Bonchev–Trinajstić information content (AvgIpc) is 3.00. The Balaban J connectivity index is 1.93. The summed E-state index contributed by atoms with van der Waals surface area (Å²) in [5.41, 5.74) is 2.58. The van der Waals surface area contributed by atoms with Gasteiger partial charge in [0, 0.05) is 24.5 Å². The van der Waals surface area contributed by atoms with E-state index in [1.807, 2.05) is 5.38 Å². The van der Waals surface area contributed by atoms with Crippen molar-refractivity contribution in [3.8, 4) is 0 Å². The van der Waals surface area contributed by atoms with Crippen molar-refractivity contribution in [1.29, 1.82) is 0 Å². The second-order valence-corrected chi connectivity index (χ2v) is 6.28. The van der Waals surface area contributed by atoms with Crippen LogP contribution in [0.5, 0.6) is 0 Å². The fourth-order valence-electron chi connectivity index (χ4n) is 1.47. The summed E-state index contributed by atoms with van der Waals surface area (Å²) in [5, 5.41) is 14.5. The zero-order chi connectivity index (χ0) is 13.7. The normalized spacial score (nSPS) is 11.8. The van der Waals surface area contributed by atoms with Crippen molar-refractivity contribution in [2.24, 2.45) is 0 Å². The van der Waals surface area contributed by atoms with Crippen molar-refractivity contribution in [1.82, 2.24) is 19.5 Å². The summed E-state index contributed by atoms with van der Waals surface area (Å²) in [6.45, 7) is 0.476. The lowest BCUT2D eigenvalue weighted by Crippen LogP contribution is -2.25. The van der Waals surface area contributed by atoms with Gasteiger partial charge in [-0.05, 0) is 0 Å². The third-order valence-electron chi connectivity index (χ3n) is 2.41. The Morgan fingerprint density at radius 3 is 3.00 bits per heavy atom. The van der Waals surface area contributed by atoms with Crippen molar-refractivity contribution < 1.29 is 13.5 Å². The van der Waals surface area contributed by atoms with Gasteiger partial charge in [0.2, 0.25) is 10.0 Å². The molecule has 9 heteroatoms. The van der Waals surface area contributed by atoms with Gasteiger partial charge in [-0.3, -0.25) is 4.68 Å². The Labute approximate surface area is 115 Å². The number of sulfonamides is 1. The highest BCUT2D eigenvalue weighted by Gasteiger charge is 2.15. The molecule has 2 heterocycles. The van der Waals surface area contributed by atoms with Crippen molar-refractivity contribution in [3.63, 3.8) is 0 Å². The molecule has 7 nitrogen and oxygen atoms in total. The minimum absolute atomic E-state index is 0.0849. The number of hydrogen-bond acceptors (Lipinski definition) is 6. The summed E-state index contributed by atoms with van der Waals surface area (Å²) in [7, 11) is -3.55. The van der Waals surface area contributed by atoms with Crippen LogP contribution < -0.4 is 4.72 Å². The number of hydrogen-bond donors (Lipinski definition) is 2. The fraction of sp³-hybridized carbons (Fsp3) is 0.400. The largest absolute Gasteiger partial charge is 0.394 e. The molecular weight excluding hydrogens is 288 g/mol. The molecule has 0 aliphatic heterocycles. The van der Waals surface area contributed by atoms with E-state index in [0.717, 1.165) is 5.69 Å². The molecular formula is C10H14N4O3S2. The van der Waals surface area contributed by atoms with Gasteiger partial charge in [-0.25, -0.2) is 18.1 Å². The van der Waals surface area contributed by atoms with Crippen molar-refractivity contribution in [2.75, 3.05) is 13.2 Å². The van der Waals surface area contributed by atoms with E-state index in [-0.39, 0.29) is 24.6 Å². The molecule has 0 spiro atoms. The standard InChI is InChI=1S/C10H14N4O3S2/c15-4-3-14-6-10(5-12-14)19(16,17)13-2-1-9-7-18-8-11-9/h5-8,13,15H,1-4H2. The Bertz CT molecular complexity index is 607. The highest BCUT2D eigenvalue weighted by atomic mass is 32.2. The van der Waals surface area contributed by atoms with Gasteiger partial charge in [0.25, 0.3) is 0 Å². The van der Waals surface area contributed by atoms with Gasteiger partial charge in [0.1, 0.15) is 4.90 Å². The fourth-order valence-corrected chi connectivity index (χ4v) is 3.04. The Hall–Kier alpha value is -1.29. The van der Waals surface area contributed by atoms with Gasteiger partial charge in [-0.1, -0.05) is 0 Å². The van der Waals surface area contributed by atoms with Crippen LogP contribution in [0.4, 0.5) is 0 Å². The third kappa shape index (κ3) is 3.83. The molecule has 0 saturated heterocycles. The molecule has 0 aliphatic rings. The molecule has 0 aliphatic carbocycles. The minimum Gasteiger partial charge on any atom is -0.394 e. The molecule has 2 rings (SSSR count). The number of aliphatic hydroxyl groups excluding tert-OH is 1. The average molecular weight is 302 g/mol. The number of aliphatic hydroxyl groups is 1. The quantitative estimate of drug-likeness (QED) is 0.741. The van der Waals surface area contributed by atoms with Crippen LogP contribution >= 0.6 is 11.3 Å². The van der Waals surface area contributed by atoms with Crippen LogP contribution in [0.15, 0.2) is 28.2 Å². The van der Waals surface area contributed by atoms with Crippen LogP contribution in [0.25, 0.3) is 0 Å². The van der Waals surface area contributed by atoms with Crippen LogP contribution in [-0.2, 0) is 23.0 Å². The first kappa shape index (κ1) is 14.1. The molecule has 0 radical (unpaired) electrons. The number of thiazole rings is 1. The van der Waals surface area contributed by atoms with E-state index in [2.05, 4.69) is 14.8 Å². The second kappa shape index (κ2) is 6.24. The lowest BCUT2D eigenvalue weighted by Gasteiger charge is -2.03. The summed E-state index contributed by atoms with van der Waals surface area (Å²) in [4.78, 5) is 4.17. The summed E-state index contributed by atoms with van der Waals surface area (Å²) in [5.74, 6) is 0. The van der Waals surface area contributed by atoms with Crippen LogP contribution in [-0.4, -0.2) is 41.4 Å². The molecule has 19 heavy (non-hydrogen) atoms. The van der Waals surface area contributed by atoms with Crippen molar-refractivity contribution in [3.05, 3.63) is 29.0 Å². The molecule has 0 atom stereocenters. The maximum atomic E-state index is 11.9. The number of nitrogens with one attached hydrogen (secondary N) is 1. The maximum absolute atomic E-state index is 11.9. The topological polar surface area (TPSA) is 97.1 Å². The second-order valence-electron chi connectivity index (χ2n) is 3.79. The number of nitrogens with zero attached hydrogens (tertiary/aromatic N) is 3. The zero-order valence-electron chi connectivity index (χ0n) is 10.1. The molecule has 104 valence electrons. The van der Waals surface area contributed by atoms with Crippen LogP contribution in [0.1, 0.15) is 5.69 Å². The van der Waals surface area contributed by atoms with E-state index in [4.69, 9.17) is 5.11 Å². The van der Waals surface area contributed by atoms with Crippen molar-refractivity contribution in [2.45, 2.75) is 17.9 Å².